The molecule has 0 unspecified atom stereocenters. The summed E-state index contributed by atoms with van der Waals surface area (Å²) in [5, 5.41) is 25.6. The Kier molecular flexibility index (Phi) is 16.0. The zero-order valence-corrected chi connectivity index (χ0v) is 39.1. The highest BCUT2D eigenvalue weighted by Crippen LogP contribution is 2.42. The van der Waals surface area contributed by atoms with Gasteiger partial charge >= 0.3 is 23.9 Å². The van der Waals surface area contributed by atoms with Crippen molar-refractivity contribution in [3.63, 3.8) is 0 Å². The van der Waals surface area contributed by atoms with E-state index in [2.05, 4.69) is 55.4 Å². The molecule has 68 heavy (non-hydrogen) atoms. The van der Waals surface area contributed by atoms with Crippen molar-refractivity contribution in [2.24, 2.45) is 11.8 Å². The summed E-state index contributed by atoms with van der Waals surface area (Å²) in [6.45, 7) is 7.70. The number of hydrogen-bond donors (Lipinski definition) is 6. The van der Waals surface area contributed by atoms with Gasteiger partial charge in [0.25, 0.3) is 5.91 Å². The molecule has 2 saturated carbocycles. The summed E-state index contributed by atoms with van der Waals surface area (Å²) in [4.78, 5) is 69.7. The number of aliphatic carboxylic acids is 1. The number of hydrogen-bond acceptors (Lipinski definition) is 9. The third-order valence-electron chi connectivity index (χ3n) is 12.6. The number of amides is 4. The normalized spacial score (nSPS) is 19.4. The monoisotopic (exact) mass is 948 g/mol. The molecule has 2 fully saturated rings. The van der Waals surface area contributed by atoms with Crippen LogP contribution in [0.5, 0.6) is 0 Å². The number of aryl methyl sites for hydroxylation is 1. The summed E-state index contributed by atoms with van der Waals surface area (Å²) in [7, 11) is 4.17. The van der Waals surface area contributed by atoms with E-state index in [-0.39, 0.29) is 53.2 Å². The number of carboxylic acid groups (broad SMARTS) is 1. The topological polar surface area (TPSA) is 208 Å². The van der Waals surface area contributed by atoms with E-state index in [9.17, 15) is 41.5 Å². The first-order valence-corrected chi connectivity index (χ1v) is 22.8. The number of carboxylic acids is 1. The number of carbonyl (C=O) groups is 5. The molecule has 4 aromatic rings. The van der Waals surface area contributed by atoms with Gasteiger partial charge in [0.15, 0.2) is 5.82 Å². The second kappa shape index (κ2) is 21.3. The van der Waals surface area contributed by atoms with Crippen molar-refractivity contribution < 1.29 is 51.4 Å². The first kappa shape index (κ1) is 51.0. The quantitative estimate of drug-likeness (QED) is 0.0600. The first-order chi connectivity index (χ1) is 32.0. The lowest BCUT2D eigenvalue weighted by atomic mass is 9.81. The molecule has 0 spiro atoms. The first-order valence-electron chi connectivity index (χ1n) is 22.8. The number of rotatable bonds is 16. The molecule has 1 aromatic heterocycles. The van der Waals surface area contributed by atoms with Crippen LogP contribution in [0.3, 0.4) is 0 Å². The van der Waals surface area contributed by atoms with Gasteiger partial charge in [-0.2, -0.15) is 22.7 Å². The molecule has 366 valence electrons. The van der Waals surface area contributed by atoms with E-state index in [1.165, 1.54) is 24.3 Å². The molecule has 6 rings (SSSR count). The smallest absolute Gasteiger partial charge is 0.411 e. The Bertz CT molecular complexity index is 2420. The molecule has 0 saturated heterocycles. The summed E-state index contributed by atoms with van der Waals surface area (Å²) in [6.07, 6.45) is 5.97. The number of benzene rings is 3. The Morgan fingerprint density at radius 3 is 2.07 bits per heavy atom. The van der Waals surface area contributed by atoms with Gasteiger partial charge in [0.1, 0.15) is 11.6 Å². The van der Waals surface area contributed by atoms with Crippen LogP contribution >= 0.6 is 0 Å². The van der Waals surface area contributed by atoms with Crippen molar-refractivity contribution in [1.82, 2.24) is 36.0 Å². The number of nitrogens with one attached hydrogen (secondary N) is 5. The van der Waals surface area contributed by atoms with Crippen molar-refractivity contribution in [1.29, 1.82) is 0 Å². The Balaban J connectivity index is 1.13. The van der Waals surface area contributed by atoms with Crippen LogP contribution in [0.1, 0.15) is 99.4 Å². The number of nitrogens with zero attached hydrogens (tertiary/aromatic N) is 3. The highest BCUT2D eigenvalue weighted by atomic mass is 19.3. The highest BCUT2D eigenvalue weighted by Gasteiger charge is 2.66. The second-order valence-electron chi connectivity index (χ2n) is 19.1. The standard InChI is InChI=1S/C49H60F4N8O7/c1-28-25-34(42(63)55-36-20-22-37(23-21-36)61(5)6)17-24-38(28)31-11-7-29(8-12-31)26-39(57-41(62)33-13-9-30(10-14-33)27-54-46(67)68-47(2,3)4)43(64)56-35-18-15-32(16-19-35)40-58-44(60-59-40)48(50,51)49(52,53)45(65)66/h7-8,11-12,15-19,24-25,30,33,36-37,39H,9-10,13-14,20-23,26-27H2,1-6H3,(H,54,67)(H,55,63)(H,56,64)(H,57,62)(H,65,66)(H,58,59,60)/t30-,33-,36?,37?,39-/m0/s1. The van der Waals surface area contributed by atoms with Gasteiger partial charge in [-0.15, -0.1) is 0 Å². The molecule has 4 amide bonds. The molecule has 15 nitrogen and oxygen atoms in total. The van der Waals surface area contributed by atoms with Crippen LogP contribution in [0.2, 0.25) is 0 Å². The van der Waals surface area contributed by atoms with Crippen LogP contribution in [-0.2, 0) is 31.5 Å². The molecule has 0 bridgehead atoms. The minimum atomic E-state index is -5.47. The van der Waals surface area contributed by atoms with E-state index < -0.39 is 47.3 Å². The average molecular weight is 949 g/mol. The van der Waals surface area contributed by atoms with Crippen LogP contribution < -0.4 is 21.3 Å². The van der Waals surface area contributed by atoms with E-state index >= 15 is 0 Å². The van der Waals surface area contributed by atoms with Gasteiger partial charge in [-0.1, -0.05) is 30.3 Å². The third-order valence-corrected chi connectivity index (χ3v) is 12.6. The number of alkyl carbamates (subject to hydrolysis) is 1. The van der Waals surface area contributed by atoms with Crippen LogP contribution in [-0.4, -0.2) is 105 Å². The van der Waals surface area contributed by atoms with Gasteiger partial charge in [0, 0.05) is 47.8 Å². The molecule has 2 aliphatic carbocycles. The number of aromatic nitrogens is 3. The molecule has 1 atom stereocenters. The van der Waals surface area contributed by atoms with Crippen LogP contribution in [0.15, 0.2) is 66.7 Å². The predicted molar refractivity (Wildman–Crippen MR) is 246 cm³/mol. The number of H-pyrrole nitrogens is 1. The van der Waals surface area contributed by atoms with Crippen LogP contribution in [0.25, 0.3) is 22.5 Å². The lowest BCUT2D eigenvalue weighted by molar-refractivity contribution is -0.231. The van der Waals surface area contributed by atoms with Gasteiger partial charge in [-0.05, 0) is 158 Å². The lowest BCUT2D eigenvalue weighted by Gasteiger charge is -2.33. The zero-order valence-electron chi connectivity index (χ0n) is 39.1. The molecule has 19 heteroatoms. The summed E-state index contributed by atoms with van der Waals surface area (Å²) in [5.41, 5.74) is 3.78. The fourth-order valence-corrected chi connectivity index (χ4v) is 8.61. The van der Waals surface area contributed by atoms with Crippen molar-refractivity contribution >= 4 is 35.5 Å². The maximum atomic E-state index is 14.3. The van der Waals surface area contributed by atoms with E-state index in [0.717, 1.165) is 47.9 Å². The Morgan fingerprint density at radius 2 is 1.49 bits per heavy atom. The van der Waals surface area contributed by atoms with Gasteiger partial charge in [0.2, 0.25) is 17.6 Å². The predicted octanol–water partition coefficient (Wildman–Crippen LogP) is 7.86. The summed E-state index contributed by atoms with van der Waals surface area (Å²) >= 11 is 0. The lowest BCUT2D eigenvalue weighted by Crippen LogP contribution is -2.48. The molecule has 0 radical (unpaired) electrons. The van der Waals surface area contributed by atoms with E-state index in [4.69, 9.17) is 9.84 Å². The van der Waals surface area contributed by atoms with E-state index in [1.54, 1.807) is 20.8 Å². The maximum absolute atomic E-state index is 14.3. The Morgan fingerprint density at radius 1 is 0.853 bits per heavy atom. The van der Waals surface area contributed by atoms with E-state index in [1.807, 2.05) is 49.4 Å². The molecular formula is C49H60F4N8O7. The van der Waals surface area contributed by atoms with E-state index in [0.29, 0.717) is 43.8 Å². The van der Waals surface area contributed by atoms with Gasteiger partial charge < -0.3 is 36.0 Å². The van der Waals surface area contributed by atoms with Crippen molar-refractivity contribution in [3.05, 3.63) is 89.2 Å². The minimum absolute atomic E-state index is 0.103. The SMILES string of the molecule is Cc1cc(C(=O)NC2CCC(N(C)C)CC2)ccc1-c1ccc(C[C@H](NC(=O)[C@H]2CC[C@H](CNC(=O)OC(C)(C)C)CC2)C(=O)Nc2ccc(-c3nc(C(F)(F)C(F)(F)C(=O)O)n[nH]3)cc2)cc1. The largest absolute Gasteiger partial charge is 0.477 e. The molecule has 0 aliphatic heterocycles. The maximum Gasteiger partial charge on any atom is 0.411 e. The summed E-state index contributed by atoms with van der Waals surface area (Å²) in [5.74, 6) is -17.0. The summed E-state index contributed by atoms with van der Waals surface area (Å²) in [6, 6.07) is 18.3. The fraction of sp³-hybridized carbons (Fsp3) is 0.490. The van der Waals surface area contributed by atoms with Crippen molar-refractivity contribution in [2.45, 2.75) is 121 Å². The van der Waals surface area contributed by atoms with Gasteiger partial charge in [0.05, 0.1) is 0 Å². The molecule has 1 heterocycles. The second-order valence-corrected chi connectivity index (χ2v) is 19.1. The number of halogens is 4. The third kappa shape index (κ3) is 12.8. The van der Waals surface area contributed by atoms with Crippen LogP contribution in [0.4, 0.5) is 28.0 Å². The number of anilines is 1. The number of carbonyl (C=O) groups excluding carboxylic acids is 4. The Labute approximate surface area is 392 Å². The zero-order chi connectivity index (χ0) is 49.6. The van der Waals surface area contributed by atoms with Crippen molar-refractivity contribution in [3.8, 4) is 22.5 Å². The minimum Gasteiger partial charge on any atom is -0.477 e. The average Bonchev–Trinajstić information content (AvgIpc) is 3.80. The molecule has 3 aromatic carbocycles. The van der Waals surface area contributed by atoms with Crippen LogP contribution in [0, 0.1) is 18.8 Å². The van der Waals surface area contributed by atoms with Crippen molar-refractivity contribution in [2.75, 3.05) is 26.0 Å². The number of ether oxygens (including phenoxy) is 1. The highest BCUT2D eigenvalue weighted by molar-refractivity contribution is 5.98. The van der Waals surface area contributed by atoms with Gasteiger partial charge in [-0.25, -0.2) is 14.6 Å². The molecule has 6 N–H and O–H groups in total. The number of alkyl halides is 4. The number of aromatic amines is 1. The molecule has 2 aliphatic rings. The fourth-order valence-electron chi connectivity index (χ4n) is 8.61. The van der Waals surface area contributed by atoms with Gasteiger partial charge in [-0.3, -0.25) is 19.5 Å². The Hall–Kier alpha value is -6.37. The molecular weight excluding hydrogens is 889 g/mol. The summed E-state index contributed by atoms with van der Waals surface area (Å²) < 4.78 is 61.5.